The predicted molar refractivity (Wildman–Crippen MR) is 88.1 cm³/mol. The van der Waals surface area contributed by atoms with Crippen LogP contribution in [0, 0.1) is 11.8 Å². The third kappa shape index (κ3) is 2.02. The van der Waals surface area contributed by atoms with Gasteiger partial charge in [-0.3, -0.25) is 0 Å². The average Bonchev–Trinajstić information content (AvgIpc) is 2.46. The molecule has 2 saturated heterocycles. The molecule has 6 rings (SSSR count). The normalized spacial score (nSPS) is 44.9. The molecule has 0 aromatic rings. The molecule has 2 aliphatic carbocycles. The molecule has 4 heterocycles. The lowest BCUT2D eigenvalue weighted by Crippen LogP contribution is -2.79. The van der Waals surface area contributed by atoms with Crippen molar-refractivity contribution in [2.45, 2.75) is 102 Å². The second kappa shape index (κ2) is 4.54. The Bertz CT molecular complexity index is 498. The van der Waals surface area contributed by atoms with Crippen molar-refractivity contribution in [3.8, 4) is 0 Å². The maximum absolute atomic E-state index is 5.22. The van der Waals surface area contributed by atoms with Crippen molar-refractivity contribution in [1.82, 2.24) is 10.4 Å². The Labute approximate surface area is 135 Å². The van der Waals surface area contributed by atoms with Crippen LogP contribution in [0.5, 0.6) is 0 Å². The fourth-order valence-electron chi connectivity index (χ4n) is 5.78. The van der Waals surface area contributed by atoms with Gasteiger partial charge in [0.1, 0.15) is 6.04 Å². The SMILES string of the molecule is CC(C)(C)[N+]1N[C@@H]2CC[C@H]1[C@@H]1[C@H]2[C@@H]2CC[C@H]1N=[N+]2C(C)(C)C. The highest BCUT2D eigenvalue weighted by molar-refractivity contribution is 5.12. The number of nitrogens with zero attached hydrogens (tertiary/aromatic N) is 3. The number of fused-ring (bicyclic) bond motifs is 3. The summed E-state index contributed by atoms with van der Waals surface area (Å²) in [4.78, 5) is 0. The highest BCUT2D eigenvalue weighted by Crippen LogP contribution is 2.51. The largest absolute Gasteiger partial charge is 0.183 e. The molecule has 0 unspecified atom stereocenters. The van der Waals surface area contributed by atoms with Crippen LogP contribution < -0.4 is 10.4 Å². The Morgan fingerprint density at radius 1 is 0.818 bits per heavy atom. The molecule has 0 spiro atoms. The summed E-state index contributed by atoms with van der Waals surface area (Å²) in [6.45, 7) is 14.0. The van der Waals surface area contributed by atoms with Gasteiger partial charge < -0.3 is 0 Å². The topological polar surface area (TPSA) is 33.3 Å². The van der Waals surface area contributed by atoms with Crippen LogP contribution in [0.15, 0.2) is 5.11 Å². The molecule has 0 aromatic heterocycles. The lowest BCUT2D eigenvalue weighted by molar-refractivity contribution is -0.713. The van der Waals surface area contributed by atoms with E-state index < -0.39 is 0 Å². The average molecular weight is 305 g/mol. The number of hydrogen-bond acceptors (Lipinski definition) is 3. The van der Waals surface area contributed by atoms with E-state index in [2.05, 4.69) is 56.7 Å². The second-order valence-corrected chi connectivity index (χ2v) is 9.92. The first-order valence-corrected chi connectivity index (χ1v) is 9.23. The Hall–Kier alpha value is -0.480. The van der Waals surface area contributed by atoms with E-state index in [1.54, 1.807) is 0 Å². The summed E-state index contributed by atoms with van der Waals surface area (Å²) in [5.41, 5.74) is 4.28. The smallest absolute Gasteiger partial charge is 0.120 e. The predicted octanol–water partition coefficient (Wildman–Crippen LogP) is 3.01. The molecule has 4 nitrogen and oxygen atoms in total. The highest BCUT2D eigenvalue weighted by atomic mass is 15.6. The van der Waals surface area contributed by atoms with Crippen molar-refractivity contribution in [3.63, 3.8) is 0 Å². The summed E-state index contributed by atoms with van der Waals surface area (Å²) in [7, 11) is 0. The Balaban J connectivity index is 1.72. The van der Waals surface area contributed by atoms with E-state index in [0.29, 0.717) is 24.2 Å². The molecule has 0 aromatic carbocycles. The fourth-order valence-corrected chi connectivity index (χ4v) is 5.78. The molecule has 123 valence electrons. The van der Waals surface area contributed by atoms with Crippen molar-refractivity contribution in [3.05, 3.63) is 0 Å². The van der Waals surface area contributed by atoms with Gasteiger partial charge in [-0.1, -0.05) is 5.01 Å². The maximum atomic E-state index is 5.22. The lowest BCUT2D eigenvalue weighted by Gasteiger charge is -2.56. The Kier molecular flexibility index (Phi) is 3.11. The van der Waals surface area contributed by atoms with Crippen LogP contribution in [0.4, 0.5) is 0 Å². The molecule has 6 atom stereocenters. The molecule has 4 heteroatoms. The van der Waals surface area contributed by atoms with Gasteiger partial charge in [-0.05, 0) is 38.7 Å². The monoisotopic (exact) mass is 305 g/mol. The summed E-state index contributed by atoms with van der Waals surface area (Å²) in [6, 6.07) is 2.53. The summed E-state index contributed by atoms with van der Waals surface area (Å²) in [6.07, 6.45) is 5.34. The van der Waals surface area contributed by atoms with Crippen molar-refractivity contribution < 1.29 is 4.70 Å². The van der Waals surface area contributed by atoms with Crippen molar-refractivity contribution >= 4 is 0 Å². The van der Waals surface area contributed by atoms with Crippen LogP contribution in [0.3, 0.4) is 0 Å². The number of nitrogens with one attached hydrogen (secondary N) is 1. The molecule has 1 N–H and O–H groups in total. The molecule has 6 aliphatic rings. The van der Waals surface area contributed by atoms with E-state index >= 15 is 0 Å². The van der Waals surface area contributed by atoms with E-state index in [1.807, 2.05) is 0 Å². The lowest BCUT2D eigenvalue weighted by atomic mass is 9.59. The Morgan fingerprint density at radius 2 is 1.50 bits per heavy atom. The maximum Gasteiger partial charge on any atom is 0.183 e. The van der Waals surface area contributed by atoms with Gasteiger partial charge in [0.05, 0.1) is 17.9 Å². The number of azo groups is 2. The zero-order valence-corrected chi connectivity index (χ0v) is 15.1. The molecular weight excluding hydrogens is 272 g/mol. The van der Waals surface area contributed by atoms with E-state index in [9.17, 15) is 0 Å². The van der Waals surface area contributed by atoms with Gasteiger partial charge in [0, 0.05) is 33.6 Å². The molecule has 2 saturated carbocycles. The van der Waals surface area contributed by atoms with Crippen LogP contribution in [0.1, 0.15) is 67.2 Å². The standard InChI is InChI=1S/C18H33N4/c1-17(2,3)21-13-9-7-11(19-21)16-14-10-8-12(15(13)16)20-22(14)18(4,5)6/h11-16,19H,7-10H2,1-6H3/q+2/t11-,12-,13+,14+,15-,16-/m1/s1. The first-order valence-electron chi connectivity index (χ1n) is 9.23. The number of hydrazine groups is 1. The van der Waals surface area contributed by atoms with Gasteiger partial charge in [0.15, 0.2) is 23.2 Å². The van der Waals surface area contributed by atoms with Crippen LogP contribution in [-0.4, -0.2) is 39.9 Å². The minimum Gasteiger partial charge on any atom is -0.120 e. The van der Waals surface area contributed by atoms with Gasteiger partial charge in [-0.15, -0.1) is 10.1 Å². The first-order chi connectivity index (χ1) is 10.2. The summed E-state index contributed by atoms with van der Waals surface area (Å²) < 4.78 is 2.48. The molecule has 4 aliphatic heterocycles. The van der Waals surface area contributed by atoms with Crippen LogP contribution in [0.25, 0.3) is 0 Å². The van der Waals surface area contributed by atoms with Crippen molar-refractivity contribution in [2.75, 3.05) is 0 Å². The van der Waals surface area contributed by atoms with Gasteiger partial charge in [-0.25, -0.2) is 0 Å². The zero-order chi connectivity index (χ0) is 15.9. The van der Waals surface area contributed by atoms with Crippen molar-refractivity contribution in [2.24, 2.45) is 17.0 Å². The van der Waals surface area contributed by atoms with Gasteiger partial charge >= 0.3 is 0 Å². The third-order valence-electron chi connectivity index (χ3n) is 6.41. The van der Waals surface area contributed by atoms with Crippen LogP contribution in [-0.2, 0) is 0 Å². The zero-order valence-electron chi connectivity index (χ0n) is 15.1. The van der Waals surface area contributed by atoms with Gasteiger partial charge in [0.25, 0.3) is 0 Å². The van der Waals surface area contributed by atoms with E-state index in [-0.39, 0.29) is 11.1 Å². The minimum absolute atomic E-state index is 0.161. The van der Waals surface area contributed by atoms with Gasteiger partial charge in [-0.2, -0.15) is 0 Å². The summed E-state index contributed by atoms with van der Waals surface area (Å²) in [5, 5.41) is 7.80. The number of hydrogen-bond donors (Lipinski definition) is 1. The minimum atomic E-state index is 0.161. The molecule has 0 amide bonds. The highest BCUT2D eigenvalue weighted by Gasteiger charge is 2.68. The van der Waals surface area contributed by atoms with E-state index in [0.717, 1.165) is 11.8 Å². The van der Waals surface area contributed by atoms with Crippen LogP contribution in [0.2, 0.25) is 0 Å². The van der Waals surface area contributed by atoms with Crippen molar-refractivity contribution in [1.29, 1.82) is 0 Å². The van der Waals surface area contributed by atoms with Gasteiger partial charge in [0.2, 0.25) is 0 Å². The molecule has 4 fully saturated rings. The Morgan fingerprint density at radius 3 is 2.14 bits per heavy atom. The van der Waals surface area contributed by atoms with E-state index in [4.69, 9.17) is 5.11 Å². The second-order valence-electron chi connectivity index (χ2n) is 9.92. The molecule has 22 heavy (non-hydrogen) atoms. The summed E-state index contributed by atoms with van der Waals surface area (Å²) >= 11 is 0. The summed E-state index contributed by atoms with van der Waals surface area (Å²) in [5.74, 6) is 1.57. The first kappa shape index (κ1) is 15.1. The fraction of sp³-hybridized carbons (Fsp3) is 1.00. The quantitative estimate of drug-likeness (QED) is 0.686. The molecule has 4 bridgehead atoms. The molecular formula is C18H33N4+2. The van der Waals surface area contributed by atoms with Crippen LogP contribution >= 0.6 is 0 Å². The number of rotatable bonds is 0. The third-order valence-corrected chi connectivity index (χ3v) is 6.41. The van der Waals surface area contributed by atoms with E-state index in [1.165, 1.54) is 25.7 Å². The molecule has 1 radical (unpaired) electrons.